The quantitative estimate of drug-likeness (QED) is 0.457. The van der Waals surface area contributed by atoms with Gasteiger partial charge in [-0.1, -0.05) is 63.4 Å². The SMILES string of the molecule is CCN(CC)C(CNC(=O)CCCNC(=O)NC1CCCCC1)Cc1ccccc1. The van der Waals surface area contributed by atoms with Crippen LogP contribution in [0.5, 0.6) is 0 Å². The molecule has 1 aliphatic carbocycles. The van der Waals surface area contributed by atoms with E-state index in [0.717, 1.165) is 32.4 Å². The lowest BCUT2D eigenvalue weighted by atomic mass is 9.96. The van der Waals surface area contributed by atoms with E-state index in [1.54, 1.807) is 0 Å². The average Bonchev–Trinajstić information content (AvgIpc) is 2.77. The molecule has 6 nitrogen and oxygen atoms in total. The predicted molar refractivity (Wildman–Crippen MR) is 123 cm³/mol. The molecule has 0 radical (unpaired) electrons. The highest BCUT2D eigenvalue weighted by Crippen LogP contribution is 2.17. The number of carbonyl (C=O) groups excluding carboxylic acids is 2. The van der Waals surface area contributed by atoms with E-state index in [2.05, 4.69) is 59.0 Å². The summed E-state index contributed by atoms with van der Waals surface area (Å²) in [5.41, 5.74) is 1.29. The second kappa shape index (κ2) is 14.0. The van der Waals surface area contributed by atoms with Crippen molar-refractivity contribution in [2.75, 3.05) is 26.2 Å². The van der Waals surface area contributed by atoms with Crippen molar-refractivity contribution in [1.29, 1.82) is 0 Å². The Kier molecular flexibility index (Phi) is 11.3. The molecule has 0 aromatic heterocycles. The fourth-order valence-electron chi connectivity index (χ4n) is 4.21. The first-order valence-electron chi connectivity index (χ1n) is 11.7. The molecular formula is C24H40N4O2. The van der Waals surface area contributed by atoms with Gasteiger partial charge in [0.2, 0.25) is 5.91 Å². The standard InChI is InChI=1S/C24H40N4O2/c1-3-28(4-2)22(18-20-12-7-5-8-13-20)19-26-23(29)16-11-17-25-24(30)27-21-14-9-6-10-15-21/h5,7-8,12-13,21-22H,3-4,6,9-11,14-19H2,1-2H3,(H,26,29)(H2,25,27,30). The van der Waals surface area contributed by atoms with Gasteiger partial charge in [0.05, 0.1) is 0 Å². The van der Waals surface area contributed by atoms with Crippen LogP contribution < -0.4 is 16.0 Å². The molecule has 2 rings (SSSR count). The van der Waals surface area contributed by atoms with Gasteiger partial charge >= 0.3 is 6.03 Å². The van der Waals surface area contributed by atoms with E-state index in [-0.39, 0.29) is 18.0 Å². The fraction of sp³-hybridized carbons (Fsp3) is 0.667. The third-order valence-electron chi connectivity index (χ3n) is 5.98. The molecule has 3 amide bonds. The first kappa shape index (κ1) is 24.2. The molecule has 1 atom stereocenters. The Bertz CT molecular complexity index is 613. The monoisotopic (exact) mass is 416 g/mol. The maximum Gasteiger partial charge on any atom is 0.315 e. The van der Waals surface area contributed by atoms with Gasteiger partial charge in [0.25, 0.3) is 0 Å². The third kappa shape index (κ3) is 9.16. The maximum atomic E-state index is 12.3. The number of nitrogens with zero attached hydrogens (tertiary/aromatic N) is 1. The van der Waals surface area contributed by atoms with Gasteiger partial charge < -0.3 is 16.0 Å². The first-order chi connectivity index (χ1) is 14.6. The van der Waals surface area contributed by atoms with Gasteiger partial charge in [-0.25, -0.2) is 4.79 Å². The Hall–Kier alpha value is -2.08. The number of rotatable bonds is 12. The smallest absolute Gasteiger partial charge is 0.315 e. The van der Waals surface area contributed by atoms with Crippen molar-refractivity contribution in [3.05, 3.63) is 35.9 Å². The van der Waals surface area contributed by atoms with Gasteiger partial charge in [-0.2, -0.15) is 0 Å². The minimum Gasteiger partial charge on any atom is -0.355 e. The molecule has 0 spiro atoms. The van der Waals surface area contributed by atoms with E-state index < -0.39 is 0 Å². The molecule has 1 aromatic carbocycles. The van der Waals surface area contributed by atoms with Crippen LogP contribution in [-0.4, -0.2) is 55.1 Å². The van der Waals surface area contributed by atoms with Gasteiger partial charge in [0.15, 0.2) is 0 Å². The largest absolute Gasteiger partial charge is 0.355 e. The molecule has 1 unspecified atom stereocenters. The number of likely N-dealkylation sites (N-methyl/N-ethyl adjacent to an activating group) is 1. The lowest BCUT2D eigenvalue weighted by Crippen LogP contribution is -2.45. The van der Waals surface area contributed by atoms with Crippen LogP contribution in [0.4, 0.5) is 4.79 Å². The predicted octanol–water partition coefficient (Wildman–Crippen LogP) is 3.47. The Labute approximate surface area is 182 Å². The molecule has 1 aromatic rings. The van der Waals surface area contributed by atoms with Gasteiger partial charge in [-0.05, 0) is 44.3 Å². The molecule has 1 fully saturated rings. The summed E-state index contributed by atoms with van der Waals surface area (Å²) in [7, 11) is 0. The van der Waals surface area contributed by atoms with E-state index >= 15 is 0 Å². The number of hydrogen-bond acceptors (Lipinski definition) is 3. The van der Waals surface area contributed by atoms with Crippen LogP contribution in [0, 0.1) is 0 Å². The van der Waals surface area contributed by atoms with E-state index in [4.69, 9.17) is 0 Å². The summed E-state index contributed by atoms with van der Waals surface area (Å²) < 4.78 is 0. The van der Waals surface area contributed by atoms with Crippen LogP contribution in [-0.2, 0) is 11.2 Å². The van der Waals surface area contributed by atoms with Crippen LogP contribution in [0.1, 0.15) is 64.4 Å². The number of hydrogen-bond donors (Lipinski definition) is 3. The van der Waals surface area contributed by atoms with Crippen molar-refractivity contribution in [1.82, 2.24) is 20.9 Å². The first-order valence-corrected chi connectivity index (χ1v) is 11.7. The average molecular weight is 417 g/mol. The van der Waals surface area contributed by atoms with Gasteiger partial charge in [-0.15, -0.1) is 0 Å². The second-order valence-corrected chi connectivity index (χ2v) is 8.21. The van der Waals surface area contributed by atoms with Gasteiger partial charge in [-0.3, -0.25) is 9.69 Å². The summed E-state index contributed by atoms with van der Waals surface area (Å²) in [6.45, 7) is 7.41. The highest BCUT2D eigenvalue weighted by atomic mass is 16.2. The summed E-state index contributed by atoms with van der Waals surface area (Å²) in [5.74, 6) is 0.0507. The maximum absolute atomic E-state index is 12.3. The van der Waals surface area contributed by atoms with E-state index in [1.165, 1.54) is 24.8 Å². The zero-order valence-corrected chi connectivity index (χ0v) is 18.8. The topological polar surface area (TPSA) is 73.5 Å². The zero-order valence-electron chi connectivity index (χ0n) is 18.8. The van der Waals surface area contributed by atoms with Crippen LogP contribution >= 0.6 is 0 Å². The summed E-state index contributed by atoms with van der Waals surface area (Å²) in [6, 6.07) is 10.9. The lowest BCUT2D eigenvalue weighted by Gasteiger charge is -2.30. The van der Waals surface area contributed by atoms with Crippen molar-refractivity contribution in [2.24, 2.45) is 0 Å². The summed E-state index contributed by atoms with van der Waals surface area (Å²) >= 11 is 0. The molecule has 168 valence electrons. The third-order valence-corrected chi connectivity index (χ3v) is 5.98. The second-order valence-electron chi connectivity index (χ2n) is 8.21. The number of nitrogens with one attached hydrogen (secondary N) is 3. The van der Waals surface area contributed by atoms with Gasteiger partial charge in [0.1, 0.15) is 0 Å². The zero-order chi connectivity index (χ0) is 21.6. The molecule has 1 saturated carbocycles. The van der Waals surface area contributed by atoms with Crippen LogP contribution in [0.2, 0.25) is 0 Å². The Balaban J connectivity index is 1.66. The molecule has 0 saturated heterocycles. The number of benzene rings is 1. The van der Waals surface area contributed by atoms with Crippen molar-refractivity contribution < 1.29 is 9.59 Å². The lowest BCUT2D eigenvalue weighted by molar-refractivity contribution is -0.121. The summed E-state index contributed by atoms with van der Waals surface area (Å²) in [6.07, 6.45) is 7.83. The summed E-state index contributed by atoms with van der Waals surface area (Å²) in [5, 5.41) is 9.02. The van der Waals surface area contributed by atoms with E-state index in [0.29, 0.717) is 32.0 Å². The Morgan fingerprint density at radius 1 is 1.03 bits per heavy atom. The highest BCUT2D eigenvalue weighted by molar-refractivity contribution is 5.76. The molecule has 0 heterocycles. The molecule has 6 heteroatoms. The van der Waals surface area contributed by atoms with Crippen LogP contribution in [0.25, 0.3) is 0 Å². The molecule has 0 aliphatic heterocycles. The molecule has 3 N–H and O–H groups in total. The number of carbonyl (C=O) groups is 2. The number of urea groups is 1. The van der Waals surface area contributed by atoms with Crippen molar-refractivity contribution >= 4 is 11.9 Å². The van der Waals surface area contributed by atoms with Crippen LogP contribution in [0.3, 0.4) is 0 Å². The van der Waals surface area contributed by atoms with Crippen molar-refractivity contribution in [3.63, 3.8) is 0 Å². The van der Waals surface area contributed by atoms with Gasteiger partial charge in [0, 0.05) is 31.6 Å². The van der Waals surface area contributed by atoms with E-state index in [9.17, 15) is 9.59 Å². The highest BCUT2D eigenvalue weighted by Gasteiger charge is 2.18. The van der Waals surface area contributed by atoms with Crippen molar-refractivity contribution in [3.8, 4) is 0 Å². The fourth-order valence-corrected chi connectivity index (χ4v) is 4.21. The van der Waals surface area contributed by atoms with Crippen LogP contribution in [0.15, 0.2) is 30.3 Å². The van der Waals surface area contributed by atoms with Crippen molar-refractivity contribution in [2.45, 2.75) is 77.3 Å². The summed E-state index contributed by atoms with van der Waals surface area (Å²) in [4.78, 5) is 26.7. The minimum atomic E-state index is -0.105. The molecule has 30 heavy (non-hydrogen) atoms. The Morgan fingerprint density at radius 2 is 1.73 bits per heavy atom. The minimum absolute atomic E-state index is 0.0507. The molecular weight excluding hydrogens is 376 g/mol. The molecule has 0 bridgehead atoms. The normalized spacial score (nSPS) is 15.6. The number of amides is 3. The van der Waals surface area contributed by atoms with E-state index in [1.807, 2.05) is 6.07 Å². The Morgan fingerprint density at radius 3 is 2.40 bits per heavy atom. The molecule has 1 aliphatic rings.